The number of hydrogen-bond donors (Lipinski definition) is 0. The Labute approximate surface area is 161 Å². The van der Waals surface area contributed by atoms with E-state index in [9.17, 15) is 4.79 Å². The standard InChI is InChI=1S/C17H17Cl2NO2S2/c1-22-15-10(7-11(18)9-13(15)19)8-14-16(21)20(17(23)24-14)12-5-3-2-4-6-12/h7-9,12H,2-6H2,1H3/b14-8-. The second-order valence-corrected chi connectivity index (χ2v) is 8.37. The molecule has 0 unspecified atom stereocenters. The first kappa shape index (κ1) is 18.1. The summed E-state index contributed by atoms with van der Waals surface area (Å²) >= 11 is 19.0. The fourth-order valence-electron chi connectivity index (χ4n) is 3.18. The molecule has 0 bridgehead atoms. The van der Waals surface area contributed by atoms with Crippen LogP contribution in [-0.2, 0) is 4.79 Å². The number of methoxy groups -OCH3 is 1. The van der Waals surface area contributed by atoms with Crippen molar-refractivity contribution in [3.8, 4) is 5.75 Å². The number of amides is 1. The molecule has 1 aliphatic heterocycles. The van der Waals surface area contributed by atoms with E-state index in [-0.39, 0.29) is 11.9 Å². The van der Waals surface area contributed by atoms with Gasteiger partial charge >= 0.3 is 0 Å². The van der Waals surface area contributed by atoms with Crippen molar-refractivity contribution in [1.82, 2.24) is 4.90 Å². The topological polar surface area (TPSA) is 29.5 Å². The van der Waals surface area contributed by atoms with Gasteiger partial charge in [-0.25, -0.2) is 0 Å². The van der Waals surface area contributed by atoms with Gasteiger partial charge in [0, 0.05) is 16.6 Å². The van der Waals surface area contributed by atoms with Gasteiger partial charge < -0.3 is 4.74 Å². The van der Waals surface area contributed by atoms with Crippen LogP contribution in [0.5, 0.6) is 5.75 Å². The minimum Gasteiger partial charge on any atom is -0.495 e. The Morgan fingerprint density at radius 2 is 2.00 bits per heavy atom. The summed E-state index contributed by atoms with van der Waals surface area (Å²) in [5.41, 5.74) is 0.680. The number of benzene rings is 1. The van der Waals surface area contributed by atoms with Crippen LogP contribution < -0.4 is 4.74 Å². The van der Waals surface area contributed by atoms with Crippen LogP contribution in [0, 0.1) is 0 Å². The molecule has 1 saturated heterocycles. The zero-order valence-electron chi connectivity index (χ0n) is 13.2. The zero-order chi connectivity index (χ0) is 17.3. The highest BCUT2D eigenvalue weighted by Gasteiger charge is 2.37. The highest BCUT2D eigenvalue weighted by atomic mass is 35.5. The summed E-state index contributed by atoms with van der Waals surface area (Å²) in [6.07, 6.45) is 7.34. The van der Waals surface area contributed by atoms with E-state index in [1.807, 2.05) is 0 Å². The molecule has 0 atom stereocenters. The number of hydrogen-bond acceptors (Lipinski definition) is 4. The van der Waals surface area contributed by atoms with Crippen molar-refractivity contribution in [3.05, 3.63) is 32.6 Å². The van der Waals surface area contributed by atoms with E-state index in [0.29, 0.717) is 30.6 Å². The third-order valence-corrected chi connectivity index (χ3v) is 6.12. The van der Waals surface area contributed by atoms with E-state index in [4.69, 9.17) is 40.2 Å². The fraction of sp³-hybridized carbons (Fsp3) is 0.412. The quantitative estimate of drug-likeness (QED) is 0.491. The molecule has 3 nitrogen and oxygen atoms in total. The number of thiocarbonyl (C=S) groups is 1. The first-order valence-corrected chi connectivity index (χ1v) is 9.79. The van der Waals surface area contributed by atoms with Gasteiger partial charge in [0.2, 0.25) is 0 Å². The Bertz CT molecular complexity index is 715. The smallest absolute Gasteiger partial charge is 0.266 e. The molecule has 0 N–H and O–H groups in total. The van der Waals surface area contributed by atoms with Crippen LogP contribution >= 0.6 is 47.2 Å². The number of thioether (sulfide) groups is 1. The first-order valence-electron chi connectivity index (χ1n) is 7.81. The van der Waals surface area contributed by atoms with Crippen molar-refractivity contribution in [2.24, 2.45) is 0 Å². The minimum absolute atomic E-state index is 0.0324. The second kappa shape index (κ2) is 7.65. The largest absolute Gasteiger partial charge is 0.495 e. The van der Waals surface area contributed by atoms with Crippen LogP contribution in [0.1, 0.15) is 37.7 Å². The number of ether oxygens (including phenoxy) is 1. The van der Waals surface area contributed by atoms with E-state index < -0.39 is 0 Å². The van der Waals surface area contributed by atoms with Crippen molar-refractivity contribution < 1.29 is 9.53 Å². The molecule has 128 valence electrons. The Morgan fingerprint density at radius 1 is 1.29 bits per heavy atom. The van der Waals surface area contributed by atoms with Gasteiger partial charge in [0.15, 0.2) is 0 Å². The molecular weight excluding hydrogens is 385 g/mol. The van der Waals surface area contributed by atoms with Crippen molar-refractivity contribution >= 4 is 63.5 Å². The van der Waals surface area contributed by atoms with Crippen LogP contribution in [0.2, 0.25) is 10.0 Å². The summed E-state index contributed by atoms with van der Waals surface area (Å²) in [5, 5.41) is 0.911. The van der Waals surface area contributed by atoms with E-state index >= 15 is 0 Å². The molecule has 0 spiro atoms. The van der Waals surface area contributed by atoms with Crippen LogP contribution in [0.25, 0.3) is 6.08 Å². The summed E-state index contributed by atoms with van der Waals surface area (Å²) < 4.78 is 5.97. The molecule has 1 aromatic rings. The number of carbonyl (C=O) groups excluding carboxylic acids is 1. The first-order chi connectivity index (χ1) is 11.5. The normalized spacial score (nSPS) is 21.0. The average molecular weight is 402 g/mol. The van der Waals surface area contributed by atoms with Gasteiger partial charge in [-0.1, -0.05) is 66.4 Å². The lowest BCUT2D eigenvalue weighted by Crippen LogP contribution is -2.39. The molecular formula is C17H17Cl2NO2S2. The molecule has 1 aliphatic carbocycles. The summed E-state index contributed by atoms with van der Waals surface area (Å²) in [6.45, 7) is 0. The zero-order valence-corrected chi connectivity index (χ0v) is 16.3. The number of rotatable bonds is 3. The van der Waals surface area contributed by atoms with Gasteiger partial charge in [-0.2, -0.15) is 0 Å². The Hall–Kier alpha value is -0.750. The predicted octanol–water partition coefficient (Wildman–Crippen LogP) is 5.54. The molecule has 1 heterocycles. The Kier molecular flexibility index (Phi) is 5.75. The predicted molar refractivity (Wildman–Crippen MR) is 105 cm³/mol. The Balaban J connectivity index is 1.92. The van der Waals surface area contributed by atoms with Crippen LogP contribution in [-0.4, -0.2) is 28.3 Å². The van der Waals surface area contributed by atoms with Crippen LogP contribution in [0.4, 0.5) is 0 Å². The lowest BCUT2D eigenvalue weighted by atomic mass is 9.94. The van der Waals surface area contributed by atoms with Crippen LogP contribution in [0.15, 0.2) is 17.0 Å². The SMILES string of the molecule is COc1c(Cl)cc(Cl)cc1/C=C1\SC(=S)N(C2CCCCC2)C1=O. The van der Waals surface area contributed by atoms with E-state index in [1.165, 1.54) is 18.2 Å². The van der Waals surface area contributed by atoms with Crippen molar-refractivity contribution in [1.29, 1.82) is 0 Å². The third-order valence-electron chi connectivity index (χ3n) is 4.29. The second-order valence-electron chi connectivity index (χ2n) is 5.85. The molecule has 2 fully saturated rings. The molecule has 1 aromatic carbocycles. The van der Waals surface area contributed by atoms with Crippen molar-refractivity contribution in [3.63, 3.8) is 0 Å². The Morgan fingerprint density at radius 3 is 2.67 bits per heavy atom. The van der Waals surface area contributed by atoms with Gasteiger partial charge in [-0.15, -0.1) is 0 Å². The van der Waals surface area contributed by atoms with Gasteiger partial charge in [0.1, 0.15) is 10.1 Å². The number of halogens is 2. The minimum atomic E-state index is -0.0324. The van der Waals surface area contributed by atoms with E-state index in [0.717, 1.165) is 25.7 Å². The molecule has 1 amide bonds. The van der Waals surface area contributed by atoms with Gasteiger partial charge in [-0.3, -0.25) is 9.69 Å². The number of nitrogens with zero attached hydrogens (tertiary/aromatic N) is 1. The monoisotopic (exact) mass is 401 g/mol. The van der Waals surface area contributed by atoms with E-state index in [2.05, 4.69) is 0 Å². The summed E-state index contributed by atoms with van der Waals surface area (Å²) in [6, 6.07) is 3.58. The molecule has 3 rings (SSSR count). The van der Waals surface area contributed by atoms with Crippen molar-refractivity contribution in [2.75, 3.05) is 7.11 Å². The molecule has 24 heavy (non-hydrogen) atoms. The maximum Gasteiger partial charge on any atom is 0.266 e. The van der Waals surface area contributed by atoms with Gasteiger partial charge in [0.05, 0.1) is 17.0 Å². The molecule has 2 aliphatic rings. The van der Waals surface area contributed by atoms with Crippen molar-refractivity contribution in [2.45, 2.75) is 38.1 Å². The third kappa shape index (κ3) is 3.59. The maximum atomic E-state index is 12.8. The molecule has 0 radical (unpaired) electrons. The van der Waals surface area contributed by atoms with Gasteiger partial charge in [0.25, 0.3) is 5.91 Å². The highest BCUT2D eigenvalue weighted by molar-refractivity contribution is 8.26. The van der Waals surface area contributed by atoms with E-state index in [1.54, 1.807) is 30.2 Å². The molecule has 1 saturated carbocycles. The molecule has 7 heteroatoms. The van der Waals surface area contributed by atoms with Gasteiger partial charge in [-0.05, 0) is 31.1 Å². The maximum absolute atomic E-state index is 12.8. The summed E-state index contributed by atoms with van der Waals surface area (Å²) in [7, 11) is 1.54. The fourth-order valence-corrected chi connectivity index (χ4v) is 5.16. The van der Waals surface area contributed by atoms with Crippen LogP contribution in [0.3, 0.4) is 0 Å². The summed E-state index contributed by atoms with van der Waals surface area (Å²) in [4.78, 5) is 15.2. The highest BCUT2D eigenvalue weighted by Crippen LogP contribution is 2.40. The summed E-state index contributed by atoms with van der Waals surface area (Å²) in [5.74, 6) is 0.471. The molecule has 0 aromatic heterocycles. The lowest BCUT2D eigenvalue weighted by Gasteiger charge is -2.29. The lowest BCUT2D eigenvalue weighted by molar-refractivity contribution is -0.124. The number of carbonyl (C=O) groups is 1. The average Bonchev–Trinajstić information content (AvgIpc) is 2.82.